The van der Waals surface area contributed by atoms with Gasteiger partial charge in [-0.15, -0.1) is 12.4 Å². The van der Waals surface area contributed by atoms with E-state index in [4.69, 9.17) is 5.73 Å². The molecule has 5 nitrogen and oxygen atoms in total. The third kappa shape index (κ3) is 6.46. The highest BCUT2D eigenvalue weighted by Crippen LogP contribution is 2.07. The van der Waals surface area contributed by atoms with E-state index in [9.17, 15) is 9.59 Å². The molecule has 0 fully saturated rings. The summed E-state index contributed by atoms with van der Waals surface area (Å²) in [5, 5.41) is 2.76. The van der Waals surface area contributed by atoms with Gasteiger partial charge in [0.25, 0.3) is 0 Å². The van der Waals surface area contributed by atoms with E-state index in [-0.39, 0.29) is 24.1 Å². The molecule has 1 amide bonds. The fourth-order valence-electron chi connectivity index (χ4n) is 1.77. The zero-order chi connectivity index (χ0) is 15.1. The molecule has 7 heteroatoms. The highest BCUT2D eigenvalue weighted by atomic mass is 35.5. The van der Waals surface area contributed by atoms with Gasteiger partial charge in [0, 0.05) is 11.3 Å². The highest BCUT2D eigenvalue weighted by Gasteiger charge is 2.13. The van der Waals surface area contributed by atoms with E-state index < -0.39 is 6.04 Å². The molecule has 0 aliphatic rings. The Morgan fingerprint density at radius 1 is 1.43 bits per heavy atom. The van der Waals surface area contributed by atoms with Gasteiger partial charge in [-0.3, -0.25) is 14.6 Å². The quantitative estimate of drug-likeness (QED) is 0.743. The number of aryl methyl sites for hydroxylation is 1. The molecule has 0 aliphatic heterocycles. The molecule has 3 N–H and O–H groups in total. The van der Waals surface area contributed by atoms with Gasteiger partial charge in [0.05, 0.1) is 18.3 Å². The molecular formula is C14H22ClN3O2S. The second-order valence-corrected chi connectivity index (χ2v) is 5.58. The first kappa shape index (κ1) is 19.9. The first-order chi connectivity index (χ1) is 9.45. The van der Waals surface area contributed by atoms with Crippen molar-refractivity contribution in [3.8, 4) is 0 Å². The van der Waals surface area contributed by atoms with Gasteiger partial charge in [0.2, 0.25) is 5.91 Å². The van der Waals surface area contributed by atoms with Gasteiger partial charge in [0.15, 0.2) is 5.78 Å². The van der Waals surface area contributed by atoms with Crippen LogP contribution in [0.15, 0.2) is 12.1 Å². The number of nitrogens with zero attached hydrogens (tertiary/aromatic N) is 1. The molecule has 1 aromatic heterocycles. The number of nitrogens with one attached hydrogen (secondary N) is 1. The summed E-state index contributed by atoms with van der Waals surface area (Å²) in [5.41, 5.74) is 7.78. The van der Waals surface area contributed by atoms with Crippen molar-refractivity contribution < 1.29 is 9.59 Å². The lowest BCUT2D eigenvalue weighted by Gasteiger charge is -2.12. The number of ketones is 1. The van der Waals surface area contributed by atoms with Crippen LogP contribution in [0.5, 0.6) is 0 Å². The lowest BCUT2D eigenvalue weighted by Crippen LogP contribution is -2.40. The van der Waals surface area contributed by atoms with Crippen molar-refractivity contribution in [2.75, 3.05) is 12.0 Å². The van der Waals surface area contributed by atoms with Gasteiger partial charge in [-0.1, -0.05) is 0 Å². The van der Waals surface area contributed by atoms with E-state index in [1.165, 1.54) is 6.92 Å². The number of nitrogens with two attached hydrogens (primary N) is 1. The zero-order valence-electron chi connectivity index (χ0n) is 12.5. The van der Waals surface area contributed by atoms with Crippen molar-refractivity contribution in [3.63, 3.8) is 0 Å². The molecular weight excluding hydrogens is 310 g/mol. The fourth-order valence-corrected chi connectivity index (χ4v) is 2.26. The minimum Gasteiger partial charge on any atom is -0.349 e. The number of rotatable bonds is 7. The van der Waals surface area contributed by atoms with Gasteiger partial charge in [-0.2, -0.15) is 11.8 Å². The van der Waals surface area contributed by atoms with Crippen LogP contribution >= 0.6 is 24.2 Å². The molecule has 21 heavy (non-hydrogen) atoms. The molecule has 1 heterocycles. The van der Waals surface area contributed by atoms with Gasteiger partial charge in [0.1, 0.15) is 0 Å². The van der Waals surface area contributed by atoms with E-state index in [1.54, 1.807) is 30.8 Å². The average molecular weight is 332 g/mol. The third-order valence-electron chi connectivity index (χ3n) is 2.94. The number of carbonyl (C=O) groups excluding carboxylic acids is 2. The van der Waals surface area contributed by atoms with Crippen LogP contribution in [0.4, 0.5) is 0 Å². The summed E-state index contributed by atoms with van der Waals surface area (Å²) in [6.07, 6.45) is 2.64. The first-order valence-corrected chi connectivity index (χ1v) is 7.84. The Morgan fingerprint density at radius 2 is 2.10 bits per heavy atom. The minimum absolute atomic E-state index is 0. The molecule has 1 atom stereocenters. The number of hydrogen-bond acceptors (Lipinski definition) is 5. The standard InChI is InChI=1S/C14H21N3O2S.ClH/c1-9-12(10(2)18)5-4-11(17-9)8-16-14(19)13(15)6-7-20-3;/h4-5,13H,6-8,15H2,1-3H3,(H,16,19);1H. The Balaban J connectivity index is 0.00000400. The topological polar surface area (TPSA) is 85.1 Å². The fraction of sp³-hybridized carbons (Fsp3) is 0.500. The van der Waals surface area contributed by atoms with Crippen LogP contribution in [-0.4, -0.2) is 34.7 Å². The smallest absolute Gasteiger partial charge is 0.237 e. The van der Waals surface area contributed by atoms with Gasteiger partial charge in [-0.05, 0) is 44.4 Å². The van der Waals surface area contributed by atoms with Gasteiger partial charge < -0.3 is 11.1 Å². The largest absolute Gasteiger partial charge is 0.349 e. The number of hydrogen-bond donors (Lipinski definition) is 2. The summed E-state index contributed by atoms with van der Waals surface area (Å²) in [6.45, 7) is 3.62. The summed E-state index contributed by atoms with van der Waals surface area (Å²) in [4.78, 5) is 27.4. The summed E-state index contributed by atoms with van der Waals surface area (Å²) in [5.74, 6) is 0.679. The number of halogens is 1. The molecule has 0 bridgehead atoms. The SMILES string of the molecule is CSCCC(N)C(=O)NCc1ccc(C(C)=O)c(C)n1.Cl. The van der Waals surface area contributed by atoms with Crippen molar-refractivity contribution in [2.24, 2.45) is 5.73 Å². The molecule has 1 unspecified atom stereocenters. The summed E-state index contributed by atoms with van der Waals surface area (Å²) in [7, 11) is 0. The van der Waals surface area contributed by atoms with Crippen molar-refractivity contribution in [1.29, 1.82) is 0 Å². The summed E-state index contributed by atoms with van der Waals surface area (Å²) in [6, 6.07) is 3.00. The number of thioether (sulfide) groups is 1. The third-order valence-corrected chi connectivity index (χ3v) is 3.58. The van der Waals surface area contributed by atoms with Gasteiger partial charge in [-0.25, -0.2) is 0 Å². The predicted molar refractivity (Wildman–Crippen MR) is 89.0 cm³/mol. The molecule has 0 spiro atoms. The number of Topliss-reactive ketones (excluding diaryl/α,β-unsaturated/α-hetero) is 1. The van der Waals surface area contributed by atoms with Crippen molar-refractivity contribution in [1.82, 2.24) is 10.3 Å². The van der Waals surface area contributed by atoms with Crippen LogP contribution in [0.25, 0.3) is 0 Å². The molecule has 0 saturated carbocycles. The lowest BCUT2D eigenvalue weighted by atomic mass is 10.1. The Labute approximate surface area is 135 Å². The van der Waals surface area contributed by atoms with Gasteiger partial charge >= 0.3 is 0 Å². The zero-order valence-corrected chi connectivity index (χ0v) is 14.1. The van der Waals surface area contributed by atoms with Crippen molar-refractivity contribution >= 4 is 35.9 Å². The van der Waals surface area contributed by atoms with E-state index >= 15 is 0 Å². The molecule has 0 saturated heterocycles. The van der Waals surface area contributed by atoms with E-state index in [2.05, 4.69) is 10.3 Å². The maximum Gasteiger partial charge on any atom is 0.237 e. The minimum atomic E-state index is -0.486. The molecule has 0 radical (unpaired) electrons. The second kappa shape index (κ2) is 9.76. The molecule has 1 aromatic rings. The Morgan fingerprint density at radius 3 is 2.62 bits per heavy atom. The Kier molecular flexibility index (Phi) is 9.24. The van der Waals surface area contributed by atoms with Crippen LogP contribution in [0.1, 0.15) is 35.1 Å². The number of aromatic nitrogens is 1. The number of pyridine rings is 1. The van der Waals surface area contributed by atoms with Crippen LogP contribution in [0.2, 0.25) is 0 Å². The van der Waals surface area contributed by atoms with E-state index in [1.807, 2.05) is 6.26 Å². The highest BCUT2D eigenvalue weighted by molar-refractivity contribution is 7.98. The maximum absolute atomic E-state index is 11.8. The average Bonchev–Trinajstić information content (AvgIpc) is 2.41. The predicted octanol–water partition coefficient (Wildman–Crippen LogP) is 1.71. The molecule has 1 rings (SSSR count). The Hall–Kier alpha value is -1.11. The van der Waals surface area contributed by atoms with Crippen LogP contribution in [0.3, 0.4) is 0 Å². The summed E-state index contributed by atoms with van der Waals surface area (Å²) >= 11 is 1.66. The van der Waals surface area contributed by atoms with E-state index in [0.717, 1.165) is 11.4 Å². The van der Waals surface area contributed by atoms with Crippen LogP contribution in [-0.2, 0) is 11.3 Å². The summed E-state index contributed by atoms with van der Waals surface area (Å²) < 4.78 is 0. The Bertz CT molecular complexity index is 497. The second-order valence-electron chi connectivity index (χ2n) is 4.60. The molecule has 0 aliphatic carbocycles. The molecule has 0 aromatic carbocycles. The monoisotopic (exact) mass is 331 g/mol. The molecule has 118 valence electrons. The van der Waals surface area contributed by atoms with Crippen molar-refractivity contribution in [2.45, 2.75) is 32.9 Å². The lowest BCUT2D eigenvalue weighted by molar-refractivity contribution is -0.122. The maximum atomic E-state index is 11.8. The number of amides is 1. The number of carbonyl (C=O) groups is 2. The van der Waals surface area contributed by atoms with Crippen molar-refractivity contribution in [3.05, 3.63) is 29.1 Å². The van der Waals surface area contributed by atoms with Crippen LogP contribution < -0.4 is 11.1 Å². The van der Waals surface area contributed by atoms with Crippen LogP contribution in [0, 0.1) is 6.92 Å². The van der Waals surface area contributed by atoms with E-state index in [0.29, 0.717) is 24.2 Å². The first-order valence-electron chi connectivity index (χ1n) is 6.45. The normalized spacial score (nSPS) is 11.4.